The highest BCUT2D eigenvalue weighted by atomic mass is 16.3. The lowest BCUT2D eigenvalue weighted by Gasteiger charge is -2.23. The molecule has 6 nitrogen and oxygen atoms in total. The van der Waals surface area contributed by atoms with Crippen LogP contribution in [0.15, 0.2) is 84.7 Å². The summed E-state index contributed by atoms with van der Waals surface area (Å²) in [7, 11) is 0. The van der Waals surface area contributed by atoms with Crippen molar-refractivity contribution in [2.75, 3.05) is 4.90 Å². The fraction of sp³-hybridized carbons (Fsp3) is 0.0476. The molecule has 0 saturated carbocycles. The lowest BCUT2D eigenvalue weighted by Crippen LogP contribution is -2.31. The van der Waals surface area contributed by atoms with Crippen molar-refractivity contribution in [2.24, 2.45) is 0 Å². The number of ketones is 1. The van der Waals surface area contributed by atoms with Gasteiger partial charge in [0, 0.05) is 18.0 Å². The Hall–Kier alpha value is -3.80. The van der Waals surface area contributed by atoms with Gasteiger partial charge in [-0.3, -0.25) is 14.5 Å². The zero-order chi connectivity index (χ0) is 18.8. The summed E-state index contributed by atoms with van der Waals surface area (Å²) in [5.74, 6) is -1.65. The molecule has 0 radical (unpaired) electrons. The number of aliphatic hydroxyl groups is 1. The number of nitrogens with zero attached hydrogens (tertiary/aromatic N) is 3. The van der Waals surface area contributed by atoms with Crippen LogP contribution >= 0.6 is 0 Å². The van der Waals surface area contributed by atoms with Gasteiger partial charge in [-0.2, -0.15) is 0 Å². The average Bonchev–Trinajstić information content (AvgIpc) is 3.00. The molecule has 0 unspecified atom stereocenters. The Balaban J connectivity index is 1.95. The van der Waals surface area contributed by atoms with Crippen molar-refractivity contribution in [3.63, 3.8) is 0 Å². The molecule has 0 aliphatic carbocycles. The van der Waals surface area contributed by atoms with Gasteiger partial charge in [0.05, 0.1) is 11.6 Å². The van der Waals surface area contributed by atoms with E-state index in [0.717, 1.165) is 0 Å². The van der Waals surface area contributed by atoms with Gasteiger partial charge in [-0.15, -0.1) is 0 Å². The summed E-state index contributed by atoms with van der Waals surface area (Å²) >= 11 is 0. The molecule has 27 heavy (non-hydrogen) atoms. The Morgan fingerprint density at radius 1 is 0.852 bits per heavy atom. The van der Waals surface area contributed by atoms with Gasteiger partial charge in [0.15, 0.2) is 0 Å². The number of hydrogen-bond acceptors (Lipinski definition) is 5. The van der Waals surface area contributed by atoms with E-state index < -0.39 is 17.7 Å². The van der Waals surface area contributed by atoms with Crippen molar-refractivity contribution < 1.29 is 14.7 Å². The number of anilines is 1. The summed E-state index contributed by atoms with van der Waals surface area (Å²) in [5, 5.41) is 10.8. The van der Waals surface area contributed by atoms with Crippen LogP contribution < -0.4 is 4.90 Å². The van der Waals surface area contributed by atoms with Crippen LogP contribution in [0.1, 0.15) is 17.2 Å². The fourth-order valence-electron chi connectivity index (χ4n) is 3.16. The summed E-state index contributed by atoms with van der Waals surface area (Å²) in [5.41, 5.74) is 1.16. The maximum atomic E-state index is 12.8. The minimum atomic E-state index is -0.811. The van der Waals surface area contributed by atoms with Crippen molar-refractivity contribution in [3.05, 3.63) is 95.8 Å². The van der Waals surface area contributed by atoms with Crippen LogP contribution in [0.25, 0.3) is 5.76 Å². The largest absolute Gasteiger partial charge is 0.507 e. The average molecular weight is 357 g/mol. The number of amides is 1. The minimum Gasteiger partial charge on any atom is -0.507 e. The summed E-state index contributed by atoms with van der Waals surface area (Å²) in [6, 6.07) is 18.5. The molecule has 132 valence electrons. The molecule has 1 fully saturated rings. The number of benzene rings is 2. The number of hydrogen-bond donors (Lipinski definition) is 1. The van der Waals surface area contributed by atoms with E-state index in [1.165, 1.54) is 17.3 Å². The second-order valence-corrected chi connectivity index (χ2v) is 5.99. The normalized spacial score (nSPS) is 18.7. The number of carbonyl (C=O) groups excluding carboxylic acids is 2. The summed E-state index contributed by atoms with van der Waals surface area (Å²) in [4.78, 5) is 35.1. The quantitative estimate of drug-likeness (QED) is 0.442. The highest BCUT2D eigenvalue weighted by Gasteiger charge is 2.48. The topological polar surface area (TPSA) is 83.4 Å². The molecular formula is C21H15N3O3. The van der Waals surface area contributed by atoms with Crippen molar-refractivity contribution in [3.8, 4) is 0 Å². The van der Waals surface area contributed by atoms with E-state index in [2.05, 4.69) is 9.97 Å². The molecule has 6 heteroatoms. The Morgan fingerprint density at radius 3 is 2.07 bits per heavy atom. The number of rotatable bonds is 3. The van der Waals surface area contributed by atoms with E-state index in [0.29, 0.717) is 11.1 Å². The van der Waals surface area contributed by atoms with Gasteiger partial charge >= 0.3 is 5.91 Å². The first-order chi connectivity index (χ1) is 13.2. The third kappa shape index (κ3) is 2.87. The maximum Gasteiger partial charge on any atom is 0.302 e. The number of aliphatic hydroxyl groups excluding tert-OH is 1. The highest BCUT2D eigenvalue weighted by molar-refractivity contribution is 6.51. The van der Waals surface area contributed by atoms with Gasteiger partial charge in [-0.05, 0) is 11.6 Å². The molecule has 1 aliphatic rings. The first-order valence-corrected chi connectivity index (χ1v) is 8.37. The molecule has 0 bridgehead atoms. The molecule has 3 aromatic rings. The molecule has 2 aromatic carbocycles. The second-order valence-electron chi connectivity index (χ2n) is 5.99. The van der Waals surface area contributed by atoms with Gasteiger partial charge < -0.3 is 5.11 Å². The molecule has 0 spiro atoms. The van der Waals surface area contributed by atoms with Crippen molar-refractivity contribution in [2.45, 2.75) is 6.04 Å². The van der Waals surface area contributed by atoms with E-state index >= 15 is 0 Å². The van der Waals surface area contributed by atoms with Gasteiger partial charge in [-0.25, -0.2) is 9.97 Å². The Kier molecular flexibility index (Phi) is 4.22. The Bertz CT molecular complexity index is 1020. The van der Waals surface area contributed by atoms with E-state index in [9.17, 15) is 14.7 Å². The monoisotopic (exact) mass is 357 g/mol. The van der Waals surface area contributed by atoms with Crippen molar-refractivity contribution in [1.29, 1.82) is 0 Å². The second kappa shape index (κ2) is 6.84. The van der Waals surface area contributed by atoms with Crippen molar-refractivity contribution >= 4 is 23.4 Å². The molecule has 1 saturated heterocycles. The Labute approximate surface area is 155 Å². The predicted octanol–water partition coefficient (Wildman–Crippen LogP) is 3.10. The third-order valence-electron chi connectivity index (χ3n) is 4.37. The first-order valence-electron chi connectivity index (χ1n) is 8.37. The van der Waals surface area contributed by atoms with Gasteiger partial charge in [-0.1, -0.05) is 60.7 Å². The van der Waals surface area contributed by atoms with Crippen LogP contribution in [0.2, 0.25) is 0 Å². The summed E-state index contributed by atoms with van der Waals surface area (Å²) in [6.07, 6.45) is 3.00. The van der Waals surface area contributed by atoms with E-state index in [4.69, 9.17) is 0 Å². The fourth-order valence-corrected chi connectivity index (χ4v) is 3.16. The van der Waals surface area contributed by atoms with Crippen LogP contribution in [0, 0.1) is 0 Å². The molecule has 1 aromatic heterocycles. The van der Waals surface area contributed by atoms with Crippen molar-refractivity contribution in [1.82, 2.24) is 9.97 Å². The van der Waals surface area contributed by atoms with Crippen LogP contribution in [0.3, 0.4) is 0 Å². The number of aromatic nitrogens is 2. The molecule has 4 rings (SSSR count). The standard InChI is InChI=1S/C21H15N3O3/c25-18(15-10-5-2-6-11-15)16-17(14-8-3-1-4-9-14)24(20(27)19(16)26)21-22-12-7-13-23-21/h1-13,17,25H/b18-16+/t17-/m1/s1. The lowest BCUT2D eigenvalue weighted by atomic mass is 9.95. The molecular weight excluding hydrogens is 342 g/mol. The van der Waals surface area contributed by atoms with E-state index in [1.807, 2.05) is 24.3 Å². The van der Waals surface area contributed by atoms with Gasteiger partial charge in [0.25, 0.3) is 5.78 Å². The zero-order valence-corrected chi connectivity index (χ0v) is 14.2. The molecule has 2 heterocycles. The SMILES string of the molecule is O=C1C(=O)N(c2ncccn2)[C@H](c2ccccc2)/C1=C(\O)c1ccccc1. The predicted molar refractivity (Wildman–Crippen MR) is 99.7 cm³/mol. The number of carbonyl (C=O) groups is 2. The van der Waals surface area contributed by atoms with Crippen LogP contribution in [0.5, 0.6) is 0 Å². The summed E-state index contributed by atoms with van der Waals surface area (Å²) < 4.78 is 0. The molecule has 1 atom stereocenters. The third-order valence-corrected chi connectivity index (χ3v) is 4.37. The number of Topliss-reactive ketones (excluding diaryl/α,β-unsaturated/α-hetero) is 1. The highest BCUT2D eigenvalue weighted by Crippen LogP contribution is 2.40. The van der Waals surface area contributed by atoms with Gasteiger partial charge in [0.2, 0.25) is 5.95 Å². The van der Waals surface area contributed by atoms with Crippen LogP contribution in [0.4, 0.5) is 5.95 Å². The van der Waals surface area contributed by atoms with Crippen LogP contribution in [-0.4, -0.2) is 26.8 Å². The summed E-state index contributed by atoms with van der Waals surface area (Å²) in [6.45, 7) is 0. The zero-order valence-electron chi connectivity index (χ0n) is 14.2. The Morgan fingerprint density at radius 2 is 1.44 bits per heavy atom. The van der Waals surface area contributed by atoms with E-state index in [-0.39, 0.29) is 17.3 Å². The molecule has 1 aliphatic heterocycles. The maximum absolute atomic E-state index is 12.8. The smallest absolute Gasteiger partial charge is 0.302 e. The first kappa shape index (κ1) is 16.7. The molecule has 1 amide bonds. The van der Waals surface area contributed by atoms with E-state index in [1.54, 1.807) is 42.5 Å². The molecule has 1 N–H and O–H groups in total. The minimum absolute atomic E-state index is 0.0184. The van der Waals surface area contributed by atoms with Crippen LogP contribution in [-0.2, 0) is 9.59 Å². The lowest BCUT2D eigenvalue weighted by molar-refractivity contribution is -0.132. The van der Waals surface area contributed by atoms with Gasteiger partial charge in [0.1, 0.15) is 5.76 Å².